The number of piperazine rings is 1. The topological polar surface area (TPSA) is 37.0 Å². The molecule has 1 aromatic carbocycles. The number of hydrogen-bond donors (Lipinski definition) is 1. The van der Waals surface area contributed by atoms with Gasteiger partial charge in [0.05, 0.1) is 7.11 Å². The third-order valence-corrected chi connectivity index (χ3v) is 5.13. The van der Waals surface area contributed by atoms with E-state index in [1.807, 2.05) is 6.07 Å². The summed E-state index contributed by atoms with van der Waals surface area (Å²) in [6.07, 6.45) is 3.49. The highest BCUT2D eigenvalue weighted by Gasteiger charge is 2.20. The Kier molecular flexibility index (Phi) is 6.35. The lowest BCUT2D eigenvalue weighted by Crippen LogP contribution is -2.44. The van der Waals surface area contributed by atoms with E-state index in [1.54, 1.807) is 7.11 Å². The number of nitrogens with zero attached hydrogens (tertiary/aromatic N) is 2. The Morgan fingerprint density at radius 1 is 1.12 bits per heavy atom. The summed E-state index contributed by atoms with van der Waals surface area (Å²) in [5, 5.41) is 3.40. The van der Waals surface area contributed by atoms with Gasteiger partial charge in [-0.1, -0.05) is 12.1 Å². The van der Waals surface area contributed by atoms with E-state index in [0.29, 0.717) is 6.10 Å². The van der Waals surface area contributed by atoms with E-state index in [2.05, 4.69) is 34.3 Å². The summed E-state index contributed by atoms with van der Waals surface area (Å²) < 4.78 is 12.0. The van der Waals surface area contributed by atoms with Crippen LogP contribution in [0, 0.1) is 0 Å². The molecule has 0 radical (unpaired) electrons. The lowest BCUT2D eigenvalue weighted by molar-refractivity contribution is 0.111. The second kappa shape index (κ2) is 8.70. The molecule has 0 aliphatic carbocycles. The Morgan fingerprint density at radius 3 is 2.58 bits per heavy atom. The number of hydrogen-bond acceptors (Lipinski definition) is 5. The van der Waals surface area contributed by atoms with E-state index >= 15 is 0 Å². The molecule has 0 unspecified atom stereocenters. The van der Waals surface area contributed by atoms with E-state index in [0.717, 1.165) is 76.6 Å². The highest BCUT2D eigenvalue weighted by molar-refractivity contribution is 5.47. The van der Waals surface area contributed by atoms with Crippen molar-refractivity contribution in [3.8, 4) is 11.5 Å². The molecule has 3 rings (SSSR count). The van der Waals surface area contributed by atoms with Gasteiger partial charge in [-0.05, 0) is 37.9 Å². The maximum absolute atomic E-state index is 6.28. The van der Waals surface area contributed by atoms with Crippen LogP contribution in [0.1, 0.15) is 18.4 Å². The molecule has 0 saturated carbocycles. The normalized spacial score (nSPS) is 20.9. The molecule has 0 aromatic heterocycles. The summed E-state index contributed by atoms with van der Waals surface area (Å²) in [6.45, 7) is 7.75. The first kappa shape index (κ1) is 17.5. The fraction of sp³-hybridized carbons (Fsp3) is 0.684. The smallest absolute Gasteiger partial charge is 0.163 e. The molecule has 5 nitrogen and oxygen atoms in total. The minimum atomic E-state index is 0.304. The van der Waals surface area contributed by atoms with Crippen LogP contribution in [-0.4, -0.2) is 75.9 Å². The highest BCUT2D eigenvalue weighted by Crippen LogP contribution is 2.33. The molecule has 134 valence electrons. The van der Waals surface area contributed by atoms with Gasteiger partial charge in [-0.3, -0.25) is 0 Å². The second-order valence-corrected chi connectivity index (χ2v) is 6.91. The zero-order valence-electron chi connectivity index (χ0n) is 15.1. The van der Waals surface area contributed by atoms with Gasteiger partial charge in [-0.25, -0.2) is 0 Å². The first-order valence-electron chi connectivity index (χ1n) is 9.20. The number of nitrogens with one attached hydrogen (secondary N) is 1. The van der Waals surface area contributed by atoms with Crippen LogP contribution in [0.3, 0.4) is 0 Å². The second-order valence-electron chi connectivity index (χ2n) is 6.91. The van der Waals surface area contributed by atoms with Gasteiger partial charge in [0.15, 0.2) is 11.5 Å². The maximum atomic E-state index is 6.28. The van der Waals surface area contributed by atoms with E-state index in [-0.39, 0.29) is 0 Å². The fourth-order valence-corrected chi connectivity index (χ4v) is 3.58. The SMILES string of the molecule is COc1c(CCN2CCNCC2)cccc1OC1CCN(C)CC1. The molecular weight excluding hydrogens is 302 g/mol. The number of para-hydroxylation sites is 1. The Hall–Kier alpha value is -1.30. The number of benzene rings is 1. The molecule has 2 heterocycles. The maximum Gasteiger partial charge on any atom is 0.163 e. The van der Waals surface area contributed by atoms with Crippen LogP contribution in [0.5, 0.6) is 11.5 Å². The molecule has 24 heavy (non-hydrogen) atoms. The van der Waals surface area contributed by atoms with Crippen LogP contribution >= 0.6 is 0 Å². The molecule has 2 fully saturated rings. The zero-order valence-corrected chi connectivity index (χ0v) is 15.1. The average Bonchev–Trinajstić information content (AvgIpc) is 2.63. The van der Waals surface area contributed by atoms with E-state index in [9.17, 15) is 0 Å². The number of rotatable bonds is 6. The summed E-state index contributed by atoms with van der Waals surface area (Å²) in [5.41, 5.74) is 1.25. The van der Waals surface area contributed by atoms with Gasteiger partial charge in [0.25, 0.3) is 0 Å². The summed E-state index contributed by atoms with van der Waals surface area (Å²) >= 11 is 0. The van der Waals surface area contributed by atoms with E-state index in [1.165, 1.54) is 5.56 Å². The van der Waals surface area contributed by atoms with Crippen LogP contribution in [0.15, 0.2) is 18.2 Å². The number of methoxy groups -OCH3 is 1. The van der Waals surface area contributed by atoms with Crippen LogP contribution in [0.2, 0.25) is 0 Å². The third-order valence-electron chi connectivity index (χ3n) is 5.13. The Morgan fingerprint density at radius 2 is 1.88 bits per heavy atom. The molecule has 1 N–H and O–H groups in total. The first-order valence-corrected chi connectivity index (χ1v) is 9.20. The van der Waals surface area contributed by atoms with Crippen LogP contribution in [0.25, 0.3) is 0 Å². The predicted molar refractivity (Wildman–Crippen MR) is 97.2 cm³/mol. The lowest BCUT2D eigenvalue weighted by Gasteiger charge is -2.30. The van der Waals surface area contributed by atoms with E-state index < -0.39 is 0 Å². The summed E-state index contributed by atoms with van der Waals surface area (Å²) in [6, 6.07) is 6.31. The Balaban J connectivity index is 1.62. The molecule has 0 spiro atoms. The van der Waals surface area contributed by atoms with Crippen molar-refractivity contribution in [3.63, 3.8) is 0 Å². The molecule has 2 saturated heterocycles. The van der Waals surface area contributed by atoms with Crippen molar-refractivity contribution in [2.24, 2.45) is 0 Å². The van der Waals surface area contributed by atoms with Gasteiger partial charge >= 0.3 is 0 Å². The van der Waals surface area contributed by atoms with Crippen molar-refractivity contribution in [2.45, 2.75) is 25.4 Å². The first-order chi connectivity index (χ1) is 11.8. The van der Waals surface area contributed by atoms with Crippen molar-refractivity contribution in [2.75, 3.05) is 60.0 Å². The van der Waals surface area contributed by atoms with Gasteiger partial charge in [-0.2, -0.15) is 0 Å². The molecule has 0 bridgehead atoms. The number of likely N-dealkylation sites (tertiary alicyclic amines) is 1. The van der Waals surface area contributed by atoms with Crippen molar-refractivity contribution in [3.05, 3.63) is 23.8 Å². The summed E-state index contributed by atoms with van der Waals surface area (Å²) in [5.74, 6) is 1.83. The Bertz CT molecular complexity index is 509. The molecule has 0 amide bonds. The van der Waals surface area contributed by atoms with Gasteiger partial charge < -0.3 is 24.6 Å². The molecule has 2 aliphatic rings. The zero-order chi connectivity index (χ0) is 16.8. The standard InChI is InChI=1S/C19H31N3O2/c1-21-11-7-17(8-12-21)24-18-5-3-4-16(19(18)23-2)6-13-22-14-9-20-10-15-22/h3-5,17,20H,6-15H2,1-2H3. The summed E-state index contributed by atoms with van der Waals surface area (Å²) in [4.78, 5) is 4.88. The minimum absolute atomic E-state index is 0.304. The largest absolute Gasteiger partial charge is 0.493 e. The summed E-state index contributed by atoms with van der Waals surface area (Å²) in [7, 11) is 3.93. The van der Waals surface area contributed by atoms with Crippen molar-refractivity contribution in [1.82, 2.24) is 15.1 Å². The van der Waals surface area contributed by atoms with Gasteiger partial charge in [0.1, 0.15) is 6.10 Å². The van der Waals surface area contributed by atoms with Crippen molar-refractivity contribution in [1.29, 1.82) is 0 Å². The van der Waals surface area contributed by atoms with Gasteiger partial charge in [0, 0.05) is 45.8 Å². The van der Waals surface area contributed by atoms with Gasteiger partial charge in [-0.15, -0.1) is 0 Å². The number of piperidine rings is 1. The number of ether oxygens (including phenoxy) is 2. The fourth-order valence-electron chi connectivity index (χ4n) is 3.58. The molecule has 1 aromatic rings. The Labute approximate surface area is 145 Å². The van der Waals surface area contributed by atoms with Crippen LogP contribution in [-0.2, 0) is 6.42 Å². The molecule has 2 aliphatic heterocycles. The predicted octanol–water partition coefficient (Wildman–Crippen LogP) is 1.62. The van der Waals surface area contributed by atoms with Gasteiger partial charge in [0.2, 0.25) is 0 Å². The van der Waals surface area contributed by atoms with Crippen molar-refractivity contribution >= 4 is 0 Å². The van der Waals surface area contributed by atoms with Crippen molar-refractivity contribution < 1.29 is 9.47 Å². The molecule has 0 atom stereocenters. The monoisotopic (exact) mass is 333 g/mol. The lowest BCUT2D eigenvalue weighted by atomic mass is 10.1. The minimum Gasteiger partial charge on any atom is -0.493 e. The average molecular weight is 333 g/mol. The highest BCUT2D eigenvalue weighted by atomic mass is 16.5. The molecule has 5 heteroatoms. The third kappa shape index (κ3) is 4.62. The molecular formula is C19H31N3O2. The van der Waals surface area contributed by atoms with Crippen LogP contribution in [0.4, 0.5) is 0 Å². The van der Waals surface area contributed by atoms with E-state index in [4.69, 9.17) is 9.47 Å². The quantitative estimate of drug-likeness (QED) is 0.856. The van der Waals surface area contributed by atoms with Crippen LogP contribution < -0.4 is 14.8 Å².